The Kier molecular flexibility index (Phi) is 4.57. The van der Waals surface area contributed by atoms with Crippen LogP contribution in [0.4, 0.5) is 5.69 Å². The number of rotatable bonds is 5. The molecule has 0 aliphatic rings. The van der Waals surface area contributed by atoms with Crippen LogP contribution in [-0.2, 0) is 10.2 Å². The predicted octanol–water partition coefficient (Wildman–Crippen LogP) is 3.90. The van der Waals surface area contributed by atoms with Gasteiger partial charge in [-0.15, -0.1) is 0 Å². The lowest BCUT2D eigenvalue weighted by Gasteiger charge is -2.26. The Labute approximate surface area is 127 Å². The minimum Gasteiger partial charge on any atom is -0.399 e. The lowest BCUT2D eigenvalue weighted by atomic mass is 9.95. The van der Waals surface area contributed by atoms with Crippen LogP contribution in [-0.4, -0.2) is 23.3 Å². The van der Waals surface area contributed by atoms with E-state index in [1.807, 2.05) is 12.1 Å². The van der Waals surface area contributed by atoms with Crippen molar-refractivity contribution in [1.29, 1.82) is 0 Å². The smallest absolute Gasteiger partial charge is 0.115 e. The normalized spacial score (nSPS) is 13.8. The maximum absolute atomic E-state index is 5.91. The molecule has 21 heavy (non-hydrogen) atoms. The van der Waals surface area contributed by atoms with Gasteiger partial charge < -0.3 is 15.0 Å². The minimum absolute atomic E-state index is 0.0203. The highest BCUT2D eigenvalue weighted by molar-refractivity contribution is 5.80. The molecule has 0 aliphatic heterocycles. The number of anilines is 1. The number of benzene rings is 1. The average Bonchev–Trinajstić information content (AvgIpc) is 2.76. The number of hydrogen-bond acceptors (Lipinski definition) is 3. The zero-order valence-corrected chi connectivity index (χ0v) is 13.8. The third kappa shape index (κ3) is 3.21. The van der Waals surface area contributed by atoms with E-state index < -0.39 is 0 Å². The highest BCUT2D eigenvalue weighted by atomic mass is 16.5. The first kappa shape index (κ1) is 15.8. The highest BCUT2D eigenvalue weighted by Crippen LogP contribution is 2.32. The van der Waals surface area contributed by atoms with Crippen LogP contribution in [0.2, 0.25) is 0 Å². The molecular weight excluding hydrogens is 262 g/mol. The lowest BCUT2D eigenvalue weighted by Crippen LogP contribution is -2.24. The molecule has 0 radical (unpaired) electrons. The van der Waals surface area contributed by atoms with Crippen LogP contribution < -0.4 is 5.73 Å². The van der Waals surface area contributed by atoms with E-state index in [0.717, 1.165) is 35.4 Å². The number of imidazole rings is 1. The van der Waals surface area contributed by atoms with E-state index >= 15 is 0 Å². The summed E-state index contributed by atoms with van der Waals surface area (Å²) < 4.78 is 7.80. The molecule has 0 aliphatic carbocycles. The predicted molar refractivity (Wildman–Crippen MR) is 88.7 cm³/mol. The van der Waals surface area contributed by atoms with E-state index in [4.69, 9.17) is 15.5 Å². The molecule has 1 unspecified atom stereocenters. The molecule has 2 N–H and O–H groups in total. The van der Waals surface area contributed by atoms with Gasteiger partial charge in [-0.2, -0.15) is 0 Å². The molecule has 0 saturated heterocycles. The van der Waals surface area contributed by atoms with Crippen LogP contribution in [0.5, 0.6) is 0 Å². The van der Waals surface area contributed by atoms with Gasteiger partial charge in [0.05, 0.1) is 23.7 Å². The minimum atomic E-state index is -0.0203. The molecule has 1 heterocycles. The van der Waals surface area contributed by atoms with E-state index in [1.54, 1.807) is 7.11 Å². The monoisotopic (exact) mass is 289 g/mol. The molecule has 1 aromatic heterocycles. The summed E-state index contributed by atoms with van der Waals surface area (Å²) in [6.45, 7) is 9.50. The van der Waals surface area contributed by atoms with Gasteiger partial charge in [0.2, 0.25) is 0 Å². The van der Waals surface area contributed by atoms with Gasteiger partial charge in [-0.05, 0) is 24.6 Å². The van der Waals surface area contributed by atoms with Crippen molar-refractivity contribution in [2.45, 2.75) is 52.0 Å². The molecule has 0 amide bonds. The van der Waals surface area contributed by atoms with Gasteiger partial charge in [0.25, 0.3) is 0 Å². The van der Waals surface area contributed by atoms with Crippen molar-refractivity contribution in [2.75, 3.05) is 19.5 Å². The Morgan fingerprint density at radius 2 is 2.05 bits per heavy atom. The Hall–Kier alpha value is -1.55. The van der Waals surface area contributed by atoms with Crippen LogP contribution in [0.25, 0.3) is 11.0 Å². The molecule has 0 bridgehead atoms. The first-order chi connectivity index (χ1) is 9.88. The zero-order valence-electron chi connectivity index (χ0n) is 13.8. The molecule has 0 saturated carbocycles. The molecule has 2 aromatic rings. The zero-order chi connectivity index (χ0) is 15.6. The number of nitrogens with zero attached hydrogens (tertiary/aromatic N) is 2. The number of aromatic nitrogens is 2. The van der Waals surface area contributed by atoms with Crippen LogP contribution >= 0.6 is 0 Å². The number of nitrogens with two attached hydrogens (primary N) is 1. The van der Waals surface area contributed by atoms with Crippen molar-refractivity contribution in [3.63, 3.8) is 0 Å². The number of nitrogen functional groups attached to an aromatic ring is 1. The molecule has 1 aromatic carbocycles. The Balaban J connectivity index is 2.67. The summed E-state index contributed by atoms with van der Waals surface area (Å²) in [5.74, 6) is 1.10. The van der Waals surface area contributed by atoms with E-state index in [0.29, 0.717) is 12.6 Å². The number of ether oxygens (including phenoxy) is 1. The Bertz CT molecular complexity index is 604. The molecular formula is C17H27N3O. The summed E-state index contributed by atoms with van der Waals surface area (Å²) >= 11 is 0. The summed E-state index contributed by atoms with van der Waals surface area (Å²) in [5.41, 5.74) is 8.76. The van der Waals surface area contributed by atoms with Gasteiger partial charge in [0.15, 0.2) is 0 Å². The van der Waals surface area contributed by atoms with Crippen LogP contribution in [0, 0.1) is 0 Å². The van der Waals surface area contributed by atoms with E-state index in [1.165, 1.54) is 0 Å². The van der Waals surface area contributed by atoms with Crippen molar-refractivity contribution in [3.05, 3.63) is 24.0 Å². The topological polar surface area (TPSA) is 53.1 Å². The molecule has 116 valence electrons. The van der Waals surface area contributed by atoms with Gasteiger partial charge in [-0.1, -0.05) is 34.1 Å². The van der Waals surface area contributed by atoms with Crippen molar-refractivity contribution in [1.82, 2.24) is 9.55 Å². The fourth-order valence-corrected chi connectivity index (χ4v) is 2.83. The second-order valence-electron chi connectivity index (χ2n) is 6.70. The van der Waals surface area contributed by atoms with Crippen molar-refractivity contribution >= 4 is 16.7 Å². The summed E-state index contributed by atoms with van der Waals surface area (Å²) in [4.78, 5) is 4.86. The van der Waals surface area contributed by atoms with Gasteiger partial charge >= 0.3 is 0 Å². The molecule has 4 heteroatoms. The van der Waals surface area contributed by atoms with Crippen molar-refractivity contribution < 1.29 is 4.74 Å². The standard InChI is InChI=1S/C17H27N3O/c1-6-7-13(11-21-5)20-15-9-8-12(18)10-14(15)19-16(20)17(2,3)4/h8-10,13H,6-7,11,18H2,1-5H3. The van der Waals surface area contributed by atoms with E-state index in [-0.39, 0.29) is 5.41 Å². The second kappa shape index (κ2) is 6.06. The van der Waals surface area contributed by atoms with Gasteiger partial charge in [-0.3, -0.25) is 0 Å². The van der Waals surface area contributed by atoms with E-state index in [9.17, 15) is 0 Å². The SMILES string of the molecule is CCCC(COC)n1c(C(C)(C)C)nc2cc(N)ccc21. The van der Waals surface area contributed by atoms with Crippen molar-refractivity contribution in [3.8, 4) is 0 Å². The summed E-state index contributed by atoms with van der Waals surface area (Å²) in [6, 6.07) is 6.29. The maximum Gasteiger partial charge on any atom is 0.115 e. The van der Waals surface area contributed by atoms with Crippen LogP contribution in [0.15, 0.2) is 18.2 Å². The molecule has 4 nitrogen and oxygen atoms in total. The first-order valence-electron chi connectivity index (χ1n) is 7.65. The fourth-order valence-electron chi connectivity index (χ4n) is 2.83. The third-order valence-corrected chi connectivity index (χ3v) is 3.73. The van der Waals surface area contributed by atoms with Crippen LogP contribution in [0.3, 0.4) is 0 Å². The van der Waals surface area contributed by atoms with E-state index in [2.05, 4.69) is 38.3 Å². The molecule has 0 fully saturated rings. The highest BCUT2D eigenvalue weighted by Gasteiger charge is 2.26. The van der Waals surface area contributed by atoms with Gasteiger partial charge in [0.1, 0.15) is 5.82 Å². The molecule has 1 atom stereocenters. The quantitative estimate of drug-likeness (QED) is 0.849. The molecule has 0 spiro atoms. The maximum atomic E-state index is 5.91. The molecule has 2 rings (SSSR count). The number of hydrogen-bond donors (Lipinski definition) is 1. The second-order valence-corrected chi connectivity index (χ2v) is 6.70. The Morgan fingerprint density at radius 3 is 2.62 bits per heavy atom. The largest absolute Gasteiger partial charge is 0.399 e. The Morgan fingerprint density at radius 1 is 1.33 bits per heavy atom. The summed E-state index contributed by atoms with van der Waals surface area (Å²) in [5, 5.41) is 0. The number of methoxy groups -OCH3 is 1. The summed E-state index contributed by atoms with van der Waals surface area (Å²) in [6.07, 6.45) is 2.19. The average molecular weight is 289 g/mol. The lowest BCUT2D eigenvalue weighted by molar-refractivity contribution is 0.149. The van der Waals surface area contributed by atoms with Crippen LogP contribution in [0.1, 0.15) is 52.4 Å². The van der Waals surface area contributed by atoms with Gasteiger partial charge in [-0.25, -0.2) is 4.98 Å². The van der Waals surface area contributed by atoms with Gasteiger partial charge in [0, 0.05) is 18.2 Å². The van der Waals surface area contributed by atoms with Crippen molar-refractivity contribution in [2.24, 2.45) is 0 Å². The third-order valence-electron chi connectivity index (χ3n) is 3.73. The first-order valence-corrected chi connectivity index (χ1v) is 7.65. The fraction of sp³-hybridized carbons (Fsp3) is 0.588. The summed E-state index contributed by atoms with van der Waals surface area (Å²) in [7, 11) is 1.76. The number of fused-ring (bicyclic) bond motifs is 1.